The van der Waals surface area contributed by atoms with Crippen LogP contribution in [0.15, 0.2) is 11.6 Å². The Kier molecular flexibility index (Phi) is 6.60. The lowest BCUT2D eigenvalue weighted by Gasteiger charge is -2.60. The van der Waals surface area contributed by atoms with E-state index in [4.69, 9.17) is 0 Å². The number of allylic oxidation sites excluding steroid dienone is 1. The van der Waals surface area contributed by atoms with Crippen molar-refractivity contribution in [2.75, 3.05) is 0 Å². The molecule has 4 fully saturated rings. The van der Waals surface area contributed by atoms with Crippen LogP contribution in [0.1, 0.15) is 112 Å². The van der Waals surface area contributed by atoms with Gasteiger partial charge in [-0.1, -0.05) is 58.6 Å². The minimum atomic E-state index is -1.01. The number of rotatable bonds is 6. The van der Waals surface area contributed by atoms with Crippen LogP contribution in [0.3, 0.4) is 0 Å². The van der Waals surface area contributed by atoms with Crippen LogP contribution in [0.2, 0.25) is 0 Å². The summed E-state index contributed by atoms with van der Waals surface area (Å²) in [6.07, 6.45) is 15.2. The smallest absolute Gasteiger partial charge is 0.0910 e. The summed E-state index contributed by atoms with van der Waals surface area (Å²) < 4.78 is 0. The second-order valence-corrected chi connectivity index (χ2v) is 14.5. The van der Waals surface area contributed by atoms with Crippen LogP contribution in [0.4, 0.5) is 0 Å². The molecule has 34 heavy (non-hydrogen) atoms. The molecule has 3 heteroatoms. The fourth-order valence-electron chi connectivity index (χ4n) is 10.1. The van der Waals surface area contributed by atoms with Crippen molar-refractivity contribution in [3.05, 3.63) is 11.6 Å². The summed E-state index contributed by atoms with van der Waals surface area (Å²) in [5.41, 5.74) is 0.897. The predicted octanol–water partition coefficient (Wildman–Crippen LogP) is 6.50. The third-order valence-electron chi connectivity index (χ3n) is 12.3. The van der Waals surface area contributed by atoms with Gasteiger partial charge in [0.15, 0.2) is 0 Å². The Hall–Kier alpha value is -0.380. The maximum absolute atomic E-state index is 12.0. The average Bonchev–Trinajstić information content (AvgIpc) is 3.04. The molecule has 3 nitrogen and oxygen atoms in total. The van der Waals surface area contributed by atoms with Crippen LogP contribution in [0, 0.1) is 52.3 Å². The molecule has 0 aromatic carbocycles. The molecule has 0 aliphatic heterocycles. The van der Waals surface area contributed by atoms with Gasteiger partial charge < -0.3 is 15.3 Å². The van der Waals surface area contributed by atoms with Gasteiger partial charge in [-0.2, -0.15) is 0 Å². The Bertz CT molecular complexity index is 782. The van der Waals surface area contributed by atoms with Gasteiger partial charge in [-0.25, -0.2) is 0 Å². The van der Waals surface area contributed by atoms with Crippen molar-refractivity contribution in [2.24, 2.45) is 52.3 Å². The van der Waals surface area contributed by atoms with Gasteiger partial charge in [0.1, 0.15) is 0 Å². The van der Waals surface area contributed by atoms with Crippen molar-refractivity contribution >= 4 is 0 Å². The van der Waals surface area contributed by atoms with Crippen LogP contribution in [0.5, 0.6) is 0 Å². The monoisotopic (exact) mass is 472 g/mol. The van der Waals surface area contributed by atoms with Gasteiger partial charge >= 0.3 is 0 Å². The minimum Gasteiger partial charge on any atom is -0.393 e. The molecule has 0 radical (unpaired) electrons. The summed E-state index contributed by atoms with van der Waals surface area (Å²) in [6.45, 7) is 11.4. The second-order valence-electron chi connectivity index (χ2n) is 14.5. The van der Waals surface area contributed by atoms with Crippen LogP contribution in [0.25, 0.3) is 0 Å². The molecule has 10 atom stereocenters. The summed E-state index contributed by atoms with van der Waals surface area (Å²) in [4.78, 5) is 0. The molecule has 194 valence electrons. The van der Waals surface area contributed by atoms with Gasteiger partial charge in [-0.05, 0) is 117 Å². The quantitative estimate of drug-likeness (QED) is 0.387. The van der Waals surface area contributed by atoms with Crippen molar-refractivity contribution in [3.63, 3.8) is 0 Å². The third-order valence-corrected chi connectivity index (χ3v) is 12.3. The number of aliphatic hydroxyl groups excluding tert-OH is 2. The molecule has 5 rings (SSSR count). The predicted molar refractivity (Wildman–Crippen MR) is 138 cm³/mol. The molecule has 0 aromatic rings. The lowest BCUT2D eigenvalue weighted by molar-refractivity contribution is -0.152. The summed E-state index contributed by atoms with van der Waals surface area (Å²) in [5, 5.41) is 33.6. The second kappa shape index (κ2) is 8.88. The van der Waals surface area contributed by atoms with E-state index >= 15 is 0 Å². The van der Waals surface area contributed by atoms with Crippen LogP contribution in [-0.4, -0.2) is 33.1 Å². The molecule has 0 heterocycles. The first-order valence-corrected chi connectivity index (χ1v) is 14.8. The lowest BCUT2D eigenvalue weighted by atomic mass is 9.45. The molecule has 5 aliphatic carbocycles. The lowest BCUT2D eigenvalue weighted by Crippen LogP contribution is -2.56. The standard InChI is InChI=1S/C31H52O3/c1-19(2)9-12-27(33)31(5,34)26-18-24(20-7-6-8-20)28-23-11-10-21-17-22(32)13-15-29(21,3)25(23)14-16-30(26,28)4/h10,19-20,22-28,32-34H,6-9,11-18H2,1-5H3. The van der Waals surface area contributed by atoms with Gasteiger partial charge in [0.2, 0.25) is 0 Å². The van der Waals surface area contributed by atoms with Crippen molar-refractivity contribution < 1.29 is 15.3 Å². The SMILES string of the molecule is CC(C)CCC(O)C(C)(O)C1CC(C2CCC2)C2C3CC=C4CC(O)CCC4(C)C3CCC21C. The zero-order valence-electron chi connectivity index (χ0n) is 22.6. The van der Waals surface area contributed by atoms with Gasteiger partial charge in [0, 0.05) is 0 Å². The van der Waals surface area contributed by atoms with Gasteiger partial charge in [0.05, 0.1) is 17.8 Å². The van der Waals surface area contributed by atoms with Crippen molar-refractivity contribution in [1.29, 1.82) is 0 Å². The fraction of sp³-hybridized carbons (Fsp3) is 0.935. The van der Waals surface area contributed by atoms with Crippen molar-refractivity contribution in [1.82, 2.24) is 0 Å². The normalized spacial score (nSPS) is 47.1. The van der Waals surface area contributed by atoms with E-state index in [-0.39, 0.29) is 22.9 Å². The van der Waals surface area contributed by atoms with Crippen LogP contribution < -0.4 is 0 Å². The Labute approximate surface area is 208 Å². The van der Waals surface area contributed by atoms with E-state index in [9.17, 15) is 15.3 Å². The first kappa shape index (κ1) is 25.3. The highest BCUT2D eigenvalue weighted by Crippen LogP contribution is 2.71. The van der Waals surface area contributed by atoms with E-state index in [0.717, 1.165) is 50.4 Å². The number of hydrogen-bond acceptors (Lipinski definition) is 3. The van der Waals surface area contributed by atoms with Gasteiger partial charge in [0.25, 0.3) is 0 Å². The number of hydrogen-bond donors (Lipinski definition) is 3. The number of fused-ring (bicyclic) bond motifs is 5. The molecule has 0 aromatic heterocycles. The molecule has 0 amide bonds. The molecule has 5 aliphatic rings. The Morgan fingerprint density at radius 2 is 1.79 bits per heavy atom. The Morgan fingerprint density at radius 1 is 1.06 bits per heavy atom. The maximum Gasteiger partial charge on any atom is 0.0910 e. The summed E-state index contributed by atoms with van der Waals surface area (Å²) in [6, 6.07) is 0. The average molecular weight is 473 g/mol. The van der Waals surface area contributed by atoms with E-state index in [1.54, 1.807) is 5.57 Å². The molecule has 10 unspecified atom stereocenters. The first-order chi connectivity index (χ1) is 16.0. The Morgan fingerprint density at radius 3 is 2.44 bits per heavy atom. The minimum absolute atomic E-state index is 0.111. The van der Waals surface area contributed by atoms with E-state index in [1.165, 1.54) is 32.1 Å². The van der Waals surface area contributed by atoms with Crippen LogP contribution >= 0.6 is 0 Å². The van der Waals surface area contributed by atoms with Gasteiger partial charge in [-0.15, -0.1) is 0 Å². The topological polar surface area (TPSA) is 60.7 Å². The summed E-state index contributed by atoms with van der Waals surface area (Å²) in [5.74, 6) is 4.33. The van der Waals surface area contributed by atoms with Crippen molar-refractivity contribution in [2.45, 2.75) is 129 Å². The molecule has 0 spiro atoms. The molecular weight excluding hydrogens is 420 g/mol. The highest BCUT2D eigenvalue weighted by molar-refractivity contribution is 5.26. The first-order valence-electron chi connectivity index (χ1n) is 14.8. The maximum atomic E-state index is 12.0. The summed E-state index contributed by atoms with van der Waals surface area (Å²) in [7, 11) is 0. The zero-order valence-corrected chi connectivity index (χ0v) is 22.6. The molecule has 3 N–H and O–H groups in total. The largest absolute Gasteiger partial charge is 0.393 e. The molecule has 0 saturated heterocycles. The highest BCUT2D eigenvalue weighted by atomic mass is 16.3. The van der Waals surface area contributed by atoms with Crippen molar-refractivity contribution in [3.8, 4) is 0 Å². The third kappa shape index (κ3) is 3.86. The van der Waals surface area contributed by atoms with Gasteiger partial charge in [-0.3, -0.25) is 0 Å². The Balaban J connectivity index is 1.47. The summed E-state index contributed by atoms with van der Waals surface area (Å²) >= 11 is 0. The van der Waals surface area contributed by atoms with E-state index < -0.39 is 11.7 Å². The van der Waals surface area contributed by atoms with E-state index in [2.05, 4.69) is 33.8 Å². The molecule has 4 saturated carbocycles. The highest BCUT2D eigenvalue weighted by Gasteiger charge is 2.66. The number of aliphatic hydroxyl groups is 3. The van der Waals surface area contributed by atoms with E-state index in [0.29, 0.717) is 30.1 Å². The zero-order chi connectivity index (χ0) is 24.5. The fourth-order valence-corrected chi connectivity index (χ4v) is 10.1. The van der Waals surface area contributed by atoms with E-state index in [1.807, 2.05) is 6.92 Å². The molecular formula is C31H52O3. The molecule has 0 bridgehead atoms. The van der Waals surface area contributed by atoms with Crippen LogP contribution in [-0.2, 0) is 0 Å².